The SMILES string of the molecule is Cc1nc(C)c(-c2csc(NC(=O)C3(O)CC3)n2)s1. The molecule has 5 nitrogen and oxygen atoms in total. The third-order valence-corrected chi connectivity index (χ3v) is 4.86. The van der Waals surface area contributed by atoms with Gasteiger partial charge in [-0.3, -0.25) is 10.1 Å². The first-order valence-electron chi connectivity index (χ1n) is 5.92. The predicted octanol–water partition coefficient (Wildman–Crippen LogP) is 2.35. The van der Waals surface area contributed by atoms with Crippen LogP contribution in [0.2, 0.25) is 0 Å². The quantitative estimate of drug-likeness (QED) is 0.911. The van der Waals surface area contributed by atoms with E-state index in [-0.39, 0.29) is 5.91 Å². The van der Waals surface area contributed by atoms with Crippen LogP contribution in [0.15, 0.2) is 5.38 Å². The molecular weight excluding hydrogens is 282 g/mol. The topological polar surface area (TPSA) is 75.1 Å². The fourth-order valence-electron chi connectivity index (χ4n) is 1.76. The van der Waals surface area contributed by atoms with Gasteiger partial charge in [0.1, 0.15) is 5.60 Å². The Morgan fingerprint density at radius 3 is 2.74 bits per heavy atom. The van der Waals surface area contributed by atoms with Gasteiger partial charge in [0.25, 0.3) is 5.91 Å². The number of amides is 1. The first-order valence-corrected chi connectivity index (χ1v) is 7.61. The molecule has 100 valence electrons. The van der Waals surface area contributed by atoms with Crippen molar-refractivity contribution in [2.24, 2.45) is 0 Å². The molecule has 0 aromatic carbocycles. The second-order valence-corrected chi connectivity index (χ2v) is 6.73. The minimum atomic E-state index is -1.16. The van der Waals surface area contributed by atoms with E-state index in [1.807, 2.05) is 19.2 Å². The molecule has 2 heterocycles. The van der Waals surface area contributed by atoms with Gasteiger partial charge in [0, 0.05) is 5.38 Å². The summed E-state index contributed by atoms with van der Waals surface area (Å²) in [5.74, 6) is -0.356. The van der Waals surface area contributed by atoms with Crippen molar-refractivity contribution in [2.45, 2.75) is 32.3 Å². The molecule has 2 N–H and O–H groups in total. The standard InChI is InChI=1S/C12H13N3O2S2/c1-6-9(19-7(2)13-6)8-5-18-11(14-8)15-10(16)12(17)3-4-12/h5,17H,3-4H2,1-2H3,(H,14,15,16). The van der Waals surface area contributed by atoms with Gasteiger partial charge in [0.2, 0.25) is 0 Å². The second-order valence-electron chi connectivity index (χ2n) is 4.67. The Bertz CT molecular complexity index is 643. The fourth-order valence-corrected chi connectivity index (χ4v) is 3.41. The number of aliphatic hydroxyl groups is 1. The van der Waals surface area contributed by atoms with Gasteiger partial charge in [-0.25, -0.2) is 9.97 Å². The summed E-state index contributed by atoms with van der Waals surface area (Å²) in [6, 6.07) is 0. The van der Waals surface area contributed by atoms with Crippen molar-refractivity contribution in [1.82, 2.24) is 9.97 Å². The number of carbonyl (C=O) groups excluding carboxylic acids is 1. The maximum atomic E-state index is 11.7. The number of thiazole rings is 2. The summed E-state index contributed by atoms with van der Waals surface area (Å²) in [5.41, 5.74) is 0.612. The van der Waals surface area contributed by atoms with E-state index in [9.17, 15) is 9.90 Å². The predicted molar refractivity (Wildman–Crippen MR) is 75.5 cm³/mol. The van der Waals surface area contributed by atoms with Gasteiger partial charge >= 0.3 is 0 Å². The molecule has 1 aliphatic rings. The number of nitrogens with one attached hydrogen (secondary N) is 1. The average Bonchev–Trinajstić information content (AvgIpc) is 2.80. The molecule has 7 heteroatoms. The molecule has 1 aliphatic carbocycles. The molecule has 2 aromatic heterocycles. The summed E-state index contributed by atoms with van der Waals surface area (Å²) in [7, 11) is 0. The van der Waals surface area contributed by atoms with E-state index >= 15 is 0 Å². The van der Waals surface area contributed by atoms with Crippen molar-refractivity contribution in [3.63, 3.8) is 0 Å². The fraction of sp³-hybridized carbons (Fsp3) is 0.417. The van der Waals surface area contributed by atoms with Crippen molar-refractivity contribution < 1.29 is 9.90 Å². The summed E-state index contributed by atoms with van der Waals surface area (Å²) in [5, 5.41) is 15.8. The van der Waals surface area contributed by atoms with Crippen LogP contribution in [0.3, 0.4) is 0 Å². The number of anilines is 1. The van der Waals surface area contributed by atoms with E-state index in [0.29, 0.717) is 18.0 Å². The lowest BCUT2D eigenvalue weighted by molar-refractivity contribution is -0.125. The minimum absolute atomic E-state index is 0.356. The lowest BCUT2D eigenvalue weighted by Gasteiger charge is -2.05. The van der Waals surface area contributed by atoms with Gasteiger partial charge in [-0.1, -0.05) is 0 Å². The summed E-state index contributed by atoms with van der Waals surface area (Å²) in [6.45, 7) is 3.90. The zero-order valence-corrected chi connectivity index (χ0v) is 12.2. The zero-order chi connectivity index (χ0) is 13.6. The second kappa shape index (κ2) is 4.36. The molecular formula is C12H13N3O2S2. The van der Waals surface area contributed by atoms with E-state index in [0.717, 1.165) is 21.3 Å². The largest absolute Gasteiger partial charge is 0.380 e. The average molecular weight is 295 g/mol. The Morgan fingerprint density at radius 2 is 2.16 bits per heavy atom. The Morgan fingerprint density at radius 1 is 1.42 bits per heavy atom. The summed E-state index contributed by atoms with van der Waals surface area (Å²) in [4.78, 5) is 21.5. The minimum Gasteiger partial charge on any atom is -0.380 e. The molecule has 1 fully saturated rings. The molecule has 3 rings (SSSR count). The van der Waals surface area contributed by atoms with Gasteiger partial charge in [-0.15, -0.1) is 22.7 Å². The molecule has 0 radical (unpaired) electrons. The van der Waals surface area contributed by atoms with Crippen LogP contribution in [0, 0.1) is 13.8 Å². The molecule has 1 amide bonds. The summed E-state index contributed by atoms with van der Waals surface area (Å²) >= 11 is 2.95. The monoisotopic (exact) mass is 295 g/mol. The number of carbonyl (C=O) groups is 1. The lowest BCUT2D eigenvalue weighted by Crippen LogP contribution is -2.29. The summed E-state index contributed by atoms with van der Waals surface area (Å²) < 4.78 is 0. The molecule has 2 aromatic rings. The highest BCUT2D eigenvalue weighted by Gasteiger charge is 2.48. The lowest BCUT2D eigenvalue weighted by atomic mass is 10.3. The third kappa shape index (κ3) is 2.41. The Labute approximate surface area is 118 Å². The van der Waals surface area contributed by atoms with Crippen molar-refractivity contribution in [1.29, 1.82) is 0 Å². The maximum Gasteiger partial charge on any atom is 0.258 e. The molecule has 1 saturated carbocycles. The Hall–Kier alpha value is -1.31. The molecule has 0 unspecified atom stereocenters. The molecule has 0 aliphatic heterocycles. The van der Waals surface area contributed by atoms with Crippen LogP contribution in [0.5, 0.6) is 0 Å². The van der Waals surface area contributed by atoms with Crippen molar-refractivity contribution >= 4 is 33.7 Å². The van der Waals surface area contributed by atoms with E-state index < -0.39 is 5.60 Å². The van der Waals surface area contributed by atoms with Crippen LogP contribution in [0.4, 0.5) is 5.13 Å². The van der Waals surface area contributed by atoms with Crippen LogP contribution in [0.1, 0.15) is 23.5 Å². The number of aromatic nitrogens is 2. The number of rotatable bonds is 3. The highest BCUT2D eigenvalue weighted by molar-refractivity contribution is 7.16. The van der Waals surface area contributed by atoms with Crippen molar-refractivity contribution in [3.05, 3.63) is 16.1 Å². The Balaban J connectivity index is 1.80. The highest BCUT2D eigenvalue weighted by atomic mass is 32.1. The molecule has 0 saturated heterocycles. The van der Waals surface area contributed by atoms with Gasteiger partial charge in [-0.05, 0) is 26.7 Å². The van der Waals surface area contributed by atoms with E-state index in [4.69, 9.17) is 0 Å². The molecule has 0 atom stereocenters. The van der Waals surface area contributed by atoms with Gasteiger partial charge in [0.15, 0.2) is 5.13 Å². The van der Waals surface area contributed by atoms with Crippen LogP contribution < -0.4 is 5.32 Å². The highest BCUT2D eigenvalue weighted by Crippen LogP contribution is 2.37. The molecule has 0 bridgehead atoms. The third-order valence-electron chi connectivity index (χ3n) is 3.01. The molecule has 19 heavy (non-hydrogen) atoms. The van der Waals surface area contributed by atoms with Gasteiger partial charge < -0.3 is 5.11 Å². The van der Waals surface area contributed by atoms with Crippen LogP contribution in [-0.4, -0.2) is 26.6 Å². The Kier molecular flexibility index (Phi) is 2.92. The first kappa shape index (κ1) is 12.7. The number of hydrogen-bond donors (Lipinski definition) is 2. The van der Waals surface area contributed by atoms with Gasteiger partial charge in [0.05, 0.1) is 21.3 Å². The van der Waals surface area contributed by atoms with Gasteiger partial charge in [-0.2, -0.15) is 0 Å². The van der Waals surface area contributed by atoms with Crippen LogP contribution in [-0.2, 0) is 4.79 Å². The van der Waals surface area contributed by atoms with Crippen LogP contribution >= 0.6 is 22.7 Å². The first-order chi connectivity index (χ1) is 8.98. The summed E-state index contributed by atoms with van der Waals surface area (Å²) in [6.07, 6.45) is 1.06. The van der Waals surface area contributed by atoms with E-state index in [1.54, 1.807) is 11.3 Å². The van der Waals surface area contributed by atoms with Crippen LogP contribution in [0.25, 0.3) is 10.6 Å². The van der Waals surface area contributed by atoms with E-state index in [2.05, 4.69) is 15.3 Å². The number of hydrogen-bond acceptors (Lipinski definition) is 6. The smallest absolute Gasteiger partial charge is 0.258 e. The van der Waals surface area contributed by atoms with Crippen molar-refractivity contribution in [2.75, 3.05) is 5.32 Å². The maximum absolute atomic E-state index is 11.7. The normalized spacial score (nSPS) is 16.4. The molecule has 0 spiro atoms. The number of nitrogens with zero attached hydrogens (tertiary/aromatic N) is 2. The van der Waals surface area contributed by atoms with E-state index in [1.165, 1.54) is 11.3 Å². The number of aryl methyl sites for hydroxylation is 2. The van der Waals surface area contributed by atoms with Crippen molar-refractivity contribution in [3.8, 4) is 10.6 Å². The zero-order valence-electron chi connectivity index (χ0n) is 10.6.